The topological polar surface area (TPSA) is 112 Å². The van der Waals surface area contributed by atoms with Crippen LogP contribution in [0.4, 0.5) is 10.5 Å². The minimum atomic E-state index is -1.14. The number of nitrogens with zero attached hydrogens (tertiary/aromatic N) is 2. The van der Waals surface area contributed by atoms with E-state index in [1.165, 1.54) is 0 Å². The highest BCUT2D eigenvalue weighted by atomic mass is 35.5. The lowest BCUT2D eigenvalue weighted by atomic mass is 10.0. The van der Waals surface area contributed by atoms with E-state index >= 15 is 0 Å². The van der Waals surface area contributed by atoms with Crippen LogP contribution in [0.15, 0.2) is 42.5 Å². The summed E-state index contributed by atoms with van der Waals surface area (Å²) in [5, 5.41) is 15.0. The van der Waals surface area contributed by atoms with E-state index in [2.05, 4.69) is 10.6 Å². The molecule has 2 aromatic carbocycles. The predicted octanol–water partition coefficient (Wildman–Crippen LogP) is 4.51. The van der Waals surface area contributed by atoms with Gasteiger partial charge in [-0.25, -0.2) is 4.79 Å². The second kappa shape index (κ2) is 11.5. The molecule has 0 aliphatic rings. The molecule has 0 aliphatic carbocycles. The summed E-state index contributed by atoms with van der Waals surface area (Å²) in [7, 11) is 0. The lowest BCUT2D eigenvalue weighted by molar-refractivity contribution is -0.137. The maximum Gasteiger partial charge on any atom is 0.408 e. The summed E-state index contributed by atoms with van der Waals surface area (Å²) >= 11 is 6.28. The van der Waals surface area contributed by atoms with Gasteiger partial charge in [0, 0.05) is 0 Å². The lowest BCUT2D eigenvalue weighted by Gasteiger charge is -2.30. The third kappa shape index (κ3) is 7.49. The van der Waals surface area contributed by atoms with E-state index < -0.39 is 36.1 Å². The number of nitriles is 1. The molecule has 0 fully saturated rings. The van der Waals surface area contributed by atoms with Gasteiger partial charge in [0.25, 0.3) is 5.91 Å². The van der Waals surface area contributed by atoms with Gasteiger partial charge in [0.1, 0.15) is 24.7 Å². The zero-order chi connectivity index (χ0) is 25.5. The zero-order valence-corrected chi connectivity index (χ0v) is 20.7. The van der Waals surface area contributed by atoms with Crippen molar-refractivity contribution in [1.82, 2.24) is 10.2 Å². The van der Waals surface area contributed by atoms with E-state index in [0.717, 1.165) is 16.0 Å². The Hall–Kier alpha value is -3.57. The maximum absolute atomic E-state index is 13.5. The van der Waals surface area contributed by atoms with Crippen molar-refractivity contribution in [3.8, 4) is 6.07 Å². The first-order chi connectivity index (χ1) is 15.9. The molecule has 0 aliphatic heterocycles. The molecule has 0 bridgehead atoms. The van der Waals surface area contributed by atoms with Crippen LogP contribution in [0, 0.1) is 25.2 Å². The molecule has 2 N–H and O–H groups in total. The van der Waals surface area contributed by atoms with Gasteiger partial charge in [0.2, 0.25) is 5.91 Å². The van der Waals surface area contributed by atoms with Gasteiger partial charge in [-0.2, -0.15) is 5.26 Å². The van der Waals surface area contributed by atoms with Gasteiger partial charge in [0.05, 0.1) is 16.8 Å². The highest BCUT2D eigenvalue weighted by Crippen LogP contribution is 2.29. The molecule has 0 saturated carbocycles. The van der Waals surface area contributed by atoms with Crippen molar-refractivity contribution < 1.29 is 19.1 Å². The number of nitrogens with one attached hydrogen (secondary N) is 2. The number of alkyl carbamates (subject to hydrolysis) is 1. The fourth-order valence-corrected chi connectivity index (χ4v) is 3.53. The monoisotopic (exact) mass is 484 g/mol. The summed E-state index contributed by atoms with van der Waals surface area (Å²) in [5.41, 5.74) is 1.82. The Morgan fingerprint density at radius 2 is 1.82 bits per heavy atom. The molecule has 34 heavy (non-hydrogen) atoms. The fourth-order valence-electron chi connectivity index (χ4n) is 3.26. The highest BCUT2D eigenvalue weighted by molar-refractivity contribution is 6.34. The third-order valence-corrected chi connectivity index (χ3v) is 5.05. The van der Waals surface area contributed by atoms with E-state index in [9.17, 15) is 19.6 Å². The van der Waals surface area contributed by atoms with E-state index in [-0.39, 0.29) is 6.54 Å². The number of amides is 3. The predicted molar refractivity (Wildman–Crippen MR) is 130 cm³/mol. The van der Waals surface area contributed by atoms with Crippen molar-refractivity contribution in [2.24, 2.45) is 0 Å². The number of halogens is 1. The Morgan fingerprint density at radius 1 is 1.15 bits per heavy atom. The molecule has 1 unspecified atom stereocenters. The largest absolute Gasteiger partial charge is 0.444 e. The van der Waals surface area contributed by atoms with Crippen molar-refractivity contribution in [2.75, 3.05) is 18.4 Å². The van der Waals surface area contributed by atoms with E-state index in [4.69, 9.17) is 16.3 Å². The number of aryl methyl sites for hydroxylation is 2. The van der Waals surface area contributed by atoms with Gasteiger partial charge in [-0.1, -0.05) is 53.6 Å². The van der Waals surface area contributed by atoms with Crippen LogP contribution in [-0.4, -0.2) is 41.5 Å². The maximum atomic E-state index is 13.5. The first kappa shape index (κ1) is 26.7. The fraction of sp³-hybridized carbons (Fsp3) is 0.360. The average molecular weight is 485 g/mol. The van der Waals surface area contributed by atoms with Crippen molar-refractivity contribution in [1.29, 1.82) is 5.26 Å². The average Bonchev–Trinajstić information content (AvgIpc) is 2.73. The lowest BCUT2D eigenvalue weighted by Crippen LogP contribution is -2.46. The quantitative estimate of drug-likeness (QED) is 0.561. The minimum absolute atomic E-state index is 0.348. The summed E-state index contributed by atoms with van der Waals surface area (Å²) in [4.78, 5) is 39.7. The van der Waals surface area contributed by atoms with Crippen LogP contribution in [0.2, 0.25) is 5.02 Å². The van der Waals surface area contributed by atoms with Crippen LogP contribution < -0.4 is 10.6 Å². The Morgan fingerprint density at radius 3 is 2.41 bits per heavy atom. The number of rotatable bonds is 7. The van der Waals surface area contributed by atoms with Gasteiger partial charge < -0.3 is 20.3 Å². The van der Waals surface area contributed by atoms with Gasteiger partial charge in [-0.3, -0.25) is 9.59 Å². The SMILES string of the molecule is Cc1cccc(C(C(=O)Nc2c(C)cccc2Cl)N(CC#N)C(=O)CNC(=O)OC(C)(C)C)c1. The standard InChI is InChI=1S/C25H29ClN4O4/c1-16-8-6-10-18(14-16)22(23(32)29-21-17(2)9-7-11-19(21)26)30(13-12-27)20(31)15-28-24(33)34-25(3,4)5/h6-11,14,22H,13,15H2,1-5H3,(H,28,33)(H,29,32). The molecule has 1 atom stereocenters. The summed E-state index contributed by atoms with van der Waals surface area (Å²) in [6, 6.07) is 13.1. The first-order valence-corrected chi connectivity index (χ1v) is 11.1. The molecule has 0 aromatic heterocycles. The number of hydrogen-bond donors (Lipinski definition) is 2. The molecule has 0 spiro atoms. The number of hydrogen-bond acceptors (Lipinski definition) is 5. The third-order valence-electron chi connectivity index (χ3n) is 4.73. The molecule has 9 heteroatoms. The van der Waals surface area contributed by atoms with E-state index in [1.54, 1.807) is 64.1 Å². The summed E-state index contributed by atoms with van der Waals surface area (Å²) < 4.78 is 5.16. The van der Waals surface area contributed by atoms with Crippen molar-refractivity contribution >= 4 is 35.2 Å². The van der Waals surface area contributed by atoms with Gasteiger partial charge in [-0.05, 0) is 51.8 Å². The van der Waals surface area contributed by atoms with Crippen molar-refractivity contribution in [2.45, 2.75) is 46.3 Å². The second-order valence-corrected chi connectivity index (χ2v) is 9.18. The van der Waals surface area contributed by atoms with Crippen LogP contribution in [0.1, 0.15) is 43.5 Å². The van der Waals surface area contributed by atoms with Crippen molar-refractivity contribution in [3.05, 3.63) is 64.2 Å². The Kier molecular flexibility index (Phi) is 9.04. The molecular weight excluding hydrogens is 456 g/mol. The number of ether oxygens (including phenoxy) is 1. The first-order valence-electron chi connectivity index (χ1n) is 10.7. The highest BCUT2D eigenvalue weighted by Gasteiger charge is 2.32. The number of carbonyl (C=O) groups excluding carboxylic acids is 3. The van der Waals surface area contributed by atoms with Gasteiger partial charge in [-0.15, -0.1) is 0 Å². The Labute approximate surface area is 204 Å². The normalized spacial score (nSPS) is 11.7. The van der Waals surface area contributed by atoms with Crippen LogP contribution in [0.25, 0.3) is 0 Å². The molecule has 0 heterocycles. The second-order valence-electron chi connectivity index (χ2n) is 8.77. The molecule has 2 rings (SSSR count). The Bertz CT molecular complexity index is 1080. The van der Waals surface area contributed by atoms with Crippen molar-refractivity contribution in [3.63, 3.8) is 0 Å². The zero-order valence-electron chi connectivity index (χ0n) is 19.9. The minimum Gasteiger partial charge on any atom is -0.444 e. The number of para-hydroxylation sites is 1. The van der Waals surface area contributed by atoms with Crippen LogP contribution in [0.3, 0.4) is 0 Å². The van der Waals surface area contributed by atoms with E-state index in [1.807, 2.05) is 19.1 Å². The molecular formula is C25H29ClN4O4. The summed E-state index contributed by atoms with van der Waals surface area (Å²) in [6.07, 6.45) is -0.777. The smallest absolute Gasteiger partial charge is 0.408 e. The number of benzene rings is 2. The molecule has 0 radical (unpaired) electrons. The van der Waals surface area contributed by atoms with E-state index in [0.29, 0.717) is 16.3 Å². The van der Waals surface area contributed by atoms with Crippen LogP contribution >= 0.6 is 11.6 Å². The molecule has 2 aromatic rings. The molecule has 180 valence electrons. The molecule has 8 nitrogen and oxygen atoms in total. The van der Waals surface area contributed by atoms with Gasteiger partial charge >= 0.3 is 6.09 Å². The number of anilines is 1. The Balaban J connectivity index is 2.38. The number of carbonyl (C=O) groups is 3. The van der Waals surface area contributed by atoms with Gasteiger partial charge in [0.15, 0.2) is 0 Å². The molecule has 3 amide bonds. The summed E-state index contributed by atoms with van der Waals surface area (Å²) in [5.74, 6) is -1.16. The molecule has 0 saturated heterocycles. The summed E-state index contributed by atoms with van der Waals surface area (Å²) in [6.45, 7) is 7.94. The van der Waals surface area contributed by atoms with Crippen LogP contribution in [-0.2, 0) is 14.3 Å². The van der Waals surface area contributed by atoms with Crippen LogP contribution in [0.5, 0.6) is 0 Å².